The van der Waals surface area contributed by atoms with E-state index in [1.54, 1.807) is 6.92 Å². The van der Waals surface area contributed by atoms with Crippen molar-refractivity contribution >= 4 is 11.9 Å². The third-order valence-electron chi connectivity index (χ3n) is 7.38. The van der Waals surface area contributed by atoms with Gasteiger partial charge in [0.2, 0.25) is 0 Å². The highest BCUT2D eigenvalue weighted by atomic mass is 16.6. The fraction of sp³-hybridized carbons (Fsp3) is 0.818. The summed E-state index contributed by atoms with van der Waals surface area (Å²) in [5.41, 5.74) is -1.52. The van der Waals surface area contributed by atoms with Crippen LogP contribution in [0.3, 0.4) is 0 Å². The van der Waals surface area contributed by atoms with Crippen LogP contribution < -0.4 is 0 Å². The number of rotatable bonds is 1. The first-order valence-electron chi connectivity index (χ1n) is 10.6. The topological polar surface area (TPSA) is 97.9 Å². The van der Waals surface area contributed by atoms with Crippen molar-refractivity contribution in [1.82, 2.24) is 0 Å². The van der Waals surface area contributed by atoms with Crippen LogP contribution in [0.1, 0.15) is 66.2 Å². The number of carbonyl (C=O) groups excluding carboxylic acids is 2. The molecule has 1 N–H and O–H groups in total. The Kier molecular flexibility index (Phi) is 4.87. The highest BCUT2D eigenvalue weighted by Crippen LogP contribution is 2.51. The zero-order chi connectivity index (χ0) is 21.2. The second-order valence-corrected chi connectivity index (χ2v) is 9.89. The minimum Gasteiger partial charge on any atom is -0.462 e. The van der Waals surface area contributed by atoms with Gasteiger partial charge in [-0.2, -0.15) is 0 Å². The Hall–Kier alpha value is -1.44. The molecule has 3 saturated heterocycles. The molecule has 4 fully saturated rings. The maximum Gasteiger partial charge on any atom is 0.334 e. The molecule has 0 aromatic carbocycles. The van der Waals surface area contributed by atoms with Crippen LogP contribution in [-0.4, -0.2) is 58.3 Å². The molecule has 2 bridgehead atoms. The van der Waals surface area contributed by atoms with Gasteiger partial charge < -0.3 is 24.1 Å². The lowest BCUT2D eigenvalue weighted by molar-refractivity contribution is -0.175. The van der Waals surface area contributed by atoms with E-state index in [4.69, 9.17) is 18.9 Å². The summed E-state index contributed by atoms with van der Waals surface area (Å²) in [7, 11) is 0. The molecule has 162 valence electrons. The van der Waals surface area contributed by atoms with Crippen molar-refractivity contribution in [3.8, 4) is 0 Å². The molecule has 0 radical (unpaired) electrons. The van der Waals surface area contributed by atoms with E-state index in [2.05, 4.69) is 13.5 Å². The highest BCUT2D eigenvalue weighted by molar-refractivity contribution is 5.89. The Bertz CT molecular complexity index is 731. The SMILES string of the molecule is C=C1C(=O)O[C@H]2C[C@H]1[C@H](OC(C)=O)C[C@]1(C)O[C@H]1CC[C@@]1(C)O[C@H]1CC[C@@]2(C)O. The predicted molar refractivity (Wildman–Crippen MR) is 103 cm³/mol. The average Bonchev–Trinajstić information content (AvgIpc) is 3.47. The van der Waals surface area contributed by atoms with Crippen LogP contribution in [0.4, 0.5) is 0 Å². The van der Waals surface area contributed by atoms with Gasteiger partial charge >= 0.3 is 11.9 Å². The number of fused-ring (bicyclic) bond motifs is 4. The second-order valence-electron chi connectivity index (χ2n) is 9.89. The van der Waals surface area contributed by atoms with Crippen LogP contribution >= 0.6 is 0 Å². The lowest BCUT2D eigenvalue weighted by Gasteiger charge is -2.41. The summed E-state index contributed by atoms with van der Waals surface area (Å²) in [6, 6.07) is 0. The van der Waals surface area contributed by atoms with E-state index in [9.17, 15) is 14.7 Å². The monoisotopic (exact) mass is 408 g/mol. The number of hydrogen-bond acceptors (Lipinski definition) is 7. The largest absolute Gasteiger partial charge is 0.462 e. The van der Waals surface area contributed by atoms with Gasteiger partial charge in [0.15, 0.2) is 0 Å². The minimum atomic E-state index is -1.20. The average molecular weight is 408 g/mol. The maximum atomic E-state index is 12.5. The first kappa shape index (κ1) is 20.8. The highest BCUT2D eigenvalue weighted by Gasteiger charge is 2.59. The number of aliphatic hydroxyl groups is 1. The molecule has 29 heavy (non-hydrogen) atoms. The molecular formula is C22H32O7. The number of esters is 2. The second kappa shape index (κ2) is 6.79. The van der Waals surface area contributed by atoms with Crippen molar-refractivity contribution in [2.75, 3.05) is 0 Å². The molecule has 0 aromatic heterocycles. The van der Waals surface area contributed by atoms with Gasteiger partial charge in [0.1, 0.15) is 12.2 Å². The predicted octanol–water partition coefficient (Wildman–Crippen LogP) is 2.44. The molecule has 4 aliphatic rings. The van der Waals surface area contributed by atoms with E-state index in [1.165, 1.54) is 6.92 Å². The van der Waals surface area contributed by atoms with E-state index in [0.29, 0.717) is 25.7 Å². The van der Waals surface area contributed by atoms with Gasteiger partial charge in [-0.25, -0.2) is 4.79 Å². The van der Waals surface area contributed by atoms with Crippen molar-refractivity contribution in [2.24, 2.45) is 5.92 Å². The molecule has 4 rings (SSSR count). The third kappa shape index (κ3) is 3.97. The Balaban J connectivity index is 1.63. The molecule has 3 aliphatic heterocycles. The molecule has 8 atom stereocenters. The van der Waals surface area contributed by atoms with Gasteiger partial charge in [-0.3, -0.25) is 4.79 Å². The van der Waals surface area contributed by atoms with Crippen LogP contribution in [0, 0.1) is 5.92 Å². The molecule has 0 unspecified atom stereocenters. The Morgan fingerprint density at radius 1 is 1.10 bits per heavy atom. The van der Waals surface area contributed by atoms with Crippen molar-refractivity contribution < 1.29 is 33.6 Å². The zero-order valence-electron chi connectivity index (χ0n) is 17.7. The quantitative estimate of drug-likeness (QED) is 0.404. The van der Waals surface area contributed by atoms with Gasteiger partial charge in [-0.15, -0.1) is 0 Å². The summed E-state index contributed by atoms with van der Waals surface area (Å²) < 4.78 is 23.1. The molecular weight excluding hydrogens is 376 g/mol. The number of hydrogen-bond donors (Lipinski definition) is 1. The van der Waals surface area contributed by atoms with Crippen LogP contribution in [0.2, 0.25) is 0 Å². The van der Waals surface area contributed by atoms with Gasteiger partial charge in [-0.05, 0) is 52.9 Å². The Labute approximate surface area is 171 Å². The molecule has 0 aromatic rings. The summed E-state index contributed by atoms with van der Waals surface area (Å²) in [5.74, 6) is -1.36. The molecule has 0 amide bonds. The first-order valence-corrected chi connectivity index (χ1v) is 10.6. The Morgan fingerprint density at radius 3 is 2.41 bits per heavy atom. The molecule has 7 heteroatoms. The summed E-state index contributed by atoms with van der Waals surface area (Å²) in [5, 5.41) is 11.1. The van der Waals surface area contributed by atoms with Gasteiger partial charge in [0.25, 0.3) is 0 Å². The van der Waals surface area contributed by atoms with E-state index in [-0.39, 0.29) is 23.4 Å². The third-order valence-corrected chi connectivity index (χ3v) is 7.38. The van der Waals surface area contributed by atoms with Crippen LogP contribution in [0.25, 0.3) is 0 Å². The summed E-state index contributed by atoms with van der Waals surface area (Å²) in [6.45, 7) is 11.1. The minimum absolute atomic E-state index is 0.0767. The summed E-state index contributed by atoms with van der Waals surface area (Å²) in [4.78, 5) is 24.3. The molecule has 7 nitrogen and oxygen atoms in total. The smallest absolute Gasteiger partial charge is 0.334 e. The molecule has 0 spiro atoms. The fourth-order valence-corrected chi connectivity index (χ4v) is 5.12. The summed E-state index contributed by atoms with van der Waals surface area (Å²) >= 11 is 0. The molecule has 1 saturated carbocycles. The lowest BCUT2D eigenvalue weighted by atomic mass is 9.76. The Morgan fingerprint density at radius 2 is 1.72 bits per heavy atom. The lowest BCUT2D eigenvalue weighted by Crippen LogP contribution is -2.50. The summed E-state index contributed by atoms with van der Waals surface area (Å²) in [6.07, 6.45) is 2.66. The van der Waals surface area contributed by atoms with Crippen molar-refractivity contribution in [2.45, 2.75) is 107 Å². The van der Waals surface area contributed by atoms with Crippen LogP contribution in [0.5, 0.6) is 0 Å². The number of ether oxygens (including phenoxy) is 4. The van der Waals surface area contributed by atoms with Gasteiger partial charge in [-0.1, -0.05) is 6.58 Å². The van der Waals surface area contributed by atoms with Crippen molar-refractivity contribution in [3.05, 3.63) is 12.2 Å². The number of carbonyl (C=O) groups is 2. The van der Waals surface area contributed by atoms with Crippen molar-refractivity contribution in [3.63, 3.8) is 0 Å². The molecule has 3 heterocycles. The number of epoxide rings is 2. The molecule has 1 aliphatic carbocycles. The van der Waals surface area contributed by atoms with E-state index in [1.807, 2.05) is 6.92 Å². The maximum absolute atomic E-state index is 12.5. The fourth-order valence-electron chi connectivity index (χ4n) is 5.12. The van der Waals surface area contributed by atoms with E-state index < -0.39 is 41.3 Å². The van der Waals surface area contributed by atoms with E-state index in [0.717, 1.165) is 12.8 Å². The van der Waals surface area contributed by atoms with Gasteiger partial charge in [0.05, 0.1) is 29.0 Å². The standard InChI is InChI=1S/C22H32O7/c1-12-14-10-18(27-19(12)24)20(3,25)8-6-16-21(4,28-16)9-7-17-22(5,29-17)11-15(14)26-13(2)23/h14-18,25H,1,6-11H2,2-5H3/t14-,15-,16+,17+,18+,20-,21-,22+/m1/s1. The first-order chi connectivity index (χ1) is 13.4. The van der Waals surface area contributed by atoms with Gasteiger partial charge in [0, 0.05) is 24.8 Å². The van der Waals surface area contributed by atoms with E-state index >= 15 is 0 Å². The van der Waals surface area contributed by atoms with Crippen molar-refractivity contribution in [1.29, 1.82) is 0 Å². The van der Waals surface area contributed by atoms with Crippen LogP contribution in [0.15, 0.2) is 12.2 Å². The van der Waals surface area contributed by atoms with Crippen LogP contribution in [-0.2, 0) is 28.5 Å². The normalized spacial score (nSPS) is 49.8. The zero-order valence-corrected chi connectivity index (χ0v) is 17.7.